The first-order chi connectivity index (χ1) is 6.95. The van der Waals surface area contributed by atoms with E-state index in [1.807, 2.05) is 0 Å². The van der Waals surface area contributed by atoms with Crippen molar-refractivity contribution in [3.63, 3.8) is 0 Å². The zero-order chi connectivity index (χ0) is 13.6. The van der Waals surface area contributed by atoms with Crippen LogP contribution in [0.3, 0.4) is 0 Å². The zero-order valence-electron chi connectivity index (χ0n) is 7.91. The van der Waals surface area contributed by atoms with Crippen molar-refractivity contribution >= 4 is 14.1 Å². The van der Waals surface area contributed by atoms with Gasteiger partial charge in [0.25, 0.3) is 0 Å². The number of phosphoric acid groups is 1. The smallest absolute Gasteiger partial charge is 0.392 e. The van der Waals surface area contributed by atoms with Crippen LogP contribution in [0.25, 0.3) is 0 Å². The Balaban J connectivity index is 0. The molecular formula is C5H14NO9P. The first-order valence-electron chi connectivity index (χ1n) is 3.67. The predicted octanol–water partition coefficient (Wildman–Crippen LogP) is -4.38. The van der Waals surface area contributed by atoms with Gasteiger partial charge < -0.3 is 39.9 Å². The van der Waals surface area contributed by atoms with Crippen LogP contribution < -0.4 is 5.73 Å². The van der Waals surface area contributed by atoms with Gasteiger partial charge >= 0.3 is 7.82 Å². The fourth-order valence-corrected chi connectivity index (χ4v) is 0.464. The lowest BCUT2D eigenvalue weighted by Gasteiger charge is -2.27. The van der Waals surface area contributed by atoms with Crippen LogP contribution in [0.4, 0.5) is 0 Å². The maximum Gasteiger partial charge on any atom is 0.466 e. The Morgan fingerprint density at radius 3 is 1.81 bits per heavy atom. The summed E-state index contributed by atoms with van der Waals surface area (Å²) in [4.78, 5) is 31.4. The second-order valence-corrected chi connectivity index (χ2v) is 3.76. The summed E-state index contributed by atoms with van der Waals surface area (Å²) < 4.78 is 8.88. The van der Waals surface area contributed by atoms with Crippen molar-refractivity contribution in [1.29, 1.82) is 0 Å². The fourth-order valence-electron chi connectivity index (χ4n) is 0.464. The largest absolute Gasteiger partial charge is 0.466 e. The van der Waals surface area contributed by atoms with E-state index in [1.54, 1.807) is 0 Å². The summed E-state index contributed by atoms with van der Waals surface area (Å²) in [5.74, 6) is 0. The van der Waals surface area contributed by atoms with Crippen molar-refractivity contribution in [1.82, 2.24) is 0 Å². The van der Waals surface area contributed by atoms with Crippen LogP contribution in [-0.2, 0) is 9.36 Å². The molecule has 0 aliphatic heterocycles. The van der Waals surface area contributed by atoms with E-state index >= 15 is 0 Å². The molecule has 0 radical (unpaired) electrons. The topological polar surface area (TPSA) is 202 Å². The maximum absolute atomic E-state index is 9.85. The van der Waals surface area contributed by atoms with Crippen molar-refractivity contribution in [2.75, 3.05) is 6.61 Å². The fraction of sp³-hybridized carbons (Fsp3) is 0.800. The Bertz CT molecular complexity index is 242. The lowest BCUT2D eigenvalue weighted by molar-refractivity contribution is -0.151. The van der Waals surface area contributed by atoms with E-state index in [9.17, 15) is 4.79 Å². The number of aliphatic hydroxyl groups is 4. The van der Waals surface area contributed by atoms with Crippen LogP contribution in [-0.4, -0.2) is 65.9 Å². The third-order valence-corrected chi connectivity index (χ3v) is 1.23. The summed E-state index contributed by atoms with van der Waals surface area (Å²) in [5, 5.41) is 34.7. The number of nitrogens with two attached hydrogens (primary N) is 1. The molecule has 0 saturated heterocycles. The molecule has 0 saturated carbocycles. The first kappa shape index (κ1) is 18.0. The number of rotatable bonds is 4. The van der Waals surface area contributed by atoms with Gasteiger partial charge in [0.05, 0.1) is 6.61 Å². The van der Waals surface area contributed by atoms with E-state index in [4.69, 9.17) is 45.4 Å². The van der Waals surface area contributed by atoms with Gasteiger partial charge in [-0.15, -0.1) is 0 Å². The van der Waals surface area contributed by atoms with E-state index in [0.717, 1.165) is 0 Å². The molecular weight excluding hydrogens is 249 g/mol. The summed E-state index contributed by atoms with van der Waals surface area (Å²) in [6.45, 7) is -0.945. The summed E-state index contributed by atoms with van der Waals surface area (Å²) in [6, 6.07) is 0. The molecule has 0 spiro atoms. The highest BCUT2D eigenvalue weighted by Crippen LogP contribution is 2.25. The number of carbonyl (C=O) groups is 1. The monoisotopic (exact) mass is 263 g/mol. The molecule has 0 bridgehead atoms. The van der Waals surface area contributed by atoms with Crippen LogP contribution in [0.1, 0.15) is 0 Å². The van der Waals surface area contributed by atoms with Crippen LogP contribution >= 0.6 is 7.82 Å². The van der Waals surface area contributed by atoms with Crippen molar-refractivity contribution in [3.8, 4) is 0 Å². The lowest BCUT2D eigenvalue weighted by atomic mass is 10.0. The molecule has 0 aromatic rings. The molecule has 0 aromatic carbocycles. The summed E-state index contributed by atoms with van der Waals surface area (Å²) in [5.41, 5.74) is 2.53. The molecule has 0 aromatic heterocycles. The van der Waals surface area contributed by atoms with Crippen LogP contribution in [0, 0.1) is 0 Å². The van der Waals surface area contributed by atoms with Gasteiger partial charge in [-0.2, -0.15) is 0 Å². The average molecular weight is 263 g/mol. The second kappa shape index (κ2) is 7.01. The normalized spacial score (nSPS) is 18.8. The molecule has 16 heavy (non-hydrogen) atoms. The quantitative estimate of drug-likeness (QED) is 0.139. The van der Waals surface area contributed by atoms with Gasteiger partial charge in [-0.25, -0.2) is 4.57 Å². The minimum atomic E-state index is -4.64. The second-order valence-electron chi connectivity index (χ2n) is 2.73. The molecule has 98 valence electrons. The van der Waals surface area contributed by atoms with E-state index in [0.29, 0.717) is 0 Å². The van der Waals surface area contributed by atoms with Crippen LogP contribution in [0.2, 0.25) is 0 Å². The number of hydrogen-bond acceptors (Lipinski definition) is 7. The third-order valence-electron chi connectivity index (χ3n) is 1.23. The van der Waals surface area contributed by atoms with E-state index in [-0.39, 0.29) is 6.29 Å². The highest BCUT2D eigenvalue weighted by Gasteiger charge is 2.35. The molecule has 9 N–H and O–H groups in total. The maximum atomic E-state index is 9.85. The molecule has 3 atom stereocenters. The van der Waals surface area contributed by atoms with Gasteiger partial charge in [-0.3, -0.25) is 5.73 Å². The molecule has 0 rings (SSSR count). The van der Waals surface area contributed by atoms with E-state index in [2.05, 4.69) is 0 Å². The number of aliphatic hydroxyl groups excluding tert-OH is 3. The molecule has 0 aliphatic rings. The first-order valence-corrected chi connectivity index (χ1v) is 5.24. The van der Waals surface area contributed by atoms with Crippen molar-refractivity contribution in [2.45, 2.75) is 17.9 Å². The third kappa shape index (κ3) is 10.1. The zero-order valence-corrected chi connectivity index (χ0v) is 8.81. The lowest BCUT2D eigenvalue weighted by Crippen LogP contribution is -2.58. The van der Waals surface area contributed by atoms with Gasteiger partial charge in [0.2, 0.25) is 0 Å². The van der Waals surface area contributed by atoms with Gasteiger partial charge in [0.1, 0.15) is 12.2 Å². The summed E-state index contributed by atoms with van der Waals surface area (Å²) in [6.07, 6.45) is -3.67. The Kier molecular flexibility index (Phi) is 7.87. The SMILES string of the molecule is N[C@@](O)(CO)[C@@H](O)[C@H](O)C=O.O=P(O)(O)O. The molecule has 11 heteroatoms. The van der Waals surface area contributed by atoms with Gasteiger partial charge in [-0.05, 0) is 0 Å². The Labute approximate surface area is 89.8 Å². The van der Waals surface area contributed by atoms with Crippen LogP contribution in [0.5, 0.6) is 0 Å². The highest BCUT2D eigenvalue weighted by molar-refractivity contribution is 7.45. The highest BCUT2D eigenvalue weighted by atomic mass is 31.2. The summed E-state index contributed by atoms with van der Waals surface area (Å²) in [7, 11) is -4.64. The minimum absolute atomic E-state index is 0.0121. The molecule has 0 unspecified atom stereocenters. The van der Waals surface area contributed by atoms with Crippen molar-refractivity contribution in [3.05, 3.63) is 0 Å². The molecule has 0 fully saturated rings. The summed E-state index contributed by atoms with van der Waals surface area (Å²) >= 11 is 0. The van der Waals surface area contributed by atoms with Crippen molar-refractivity contribution in [2.24, 2.45) is 5.73 Å². The predicted molar refractivity (Wildman–Crippen MR) is 48.6 cm³/mol. The number of aldehydes is 1. The molecule has 0 aliphatic carbocycles. The minimum Gasteiger partial charge on any atom is -0.392 e. The molecule has 10 nitrogen and oxygen atoms in total. The van der Waals surface area contributed by atoms with E-state index < -0.39 is 32.4 Å². The van der Waals surface area contributed by atoms with Gasteiger partial charge in [0, 0.05) is 0 Å². The van der Waals surface area contributed by atoms with Gasteiger partial charge in [-0.1, -0.05) is 0 Å². The van der Waals surface area contributed by atoms with Crippen LogP contribution in [0.15, 0.2) is 0 Å². The standard InChI is InChI=1S/C5H11NO5.H3O4P/c6-5(11,2-8)4(10)3(9)1-7;1-5(2,3)4/h1,3-4,8-11H,2,6H2;(H3,1,2,3,4)/t3-,4+,5-;/m1./s1. The van der Waals surface area contributed by atoms with E-state index in [1.165, 1.54) is 0 Å². The van der Waals surface area contributed by atoms with Gasteiger partial charge in [0.15, 0.2) is 12.0 Å². The Morgan fingerprint density at radius 2 is 1.62 bits per heavy atom. The molecule has 0 heterocycles. The average Bonchev–Trinajstić information content (AvgIpc) is 2.12. The van der Waals surface area contributed by atoms with Crippen molar-refractivity contribution < 1.29 is 44.5 Å². The molecule has 0 amide bonds. The number of carbonyl (C=O) groups excluding carboxylic acids is 1. The number of hydrogen-bond donors (Lipinski definition) is 8. The Hall–Kier alpha value is -0.420. The Morgan fingerprint density at radius 1 is 1.31 bits per heavy atom.